The minimum Gasteiger partial charge on any atom is -0.362 e. The Kier molecular flexibility index (Phi) is 8.28. The second-order valence-electron chi connectivity index (χ2n) is 10.4. The lowest BCUT2D eigenvalue weighted by atomic mass is 9.86. The van der Waals surface area contributed by atoms with Crippen molar-refractivity contribution >= 4 is 34.4 Å². The fraction of sp³-hybridized carbons (Fsp3) is 0.483. The smallest absolute Gasteiger partial charge is 0.319 e. The van der Waals surface area contributed by atoms with Gasteiger partial charge in [-0.05, 0) is 67.2 Å². The Hall–Kier alpha value is -3.35. The van der Waals surface area contributed by atoms with Gasteiger partial charge >= 0.3 is 6.03 Å². The molecule has 0 bridgehead atoms. The molecule has 4 rings (SSSR count). The highest BCUT2D eigenvalue weighted by molar-refractivity contribution is 5.91. The van der Waals surface area contributed by atoms with E-state index in [0.717, 1.165) is 54.5 Å². The van der Waals surface area contributed by atoms with Gasteiger partial charge in [0.1, 0.15) is 5.82 Å². The SMILES string of the molecule is CCc1cccc(C(C)C)c1NC(=O)NC[C@H]1CC[C@@H](Nc2nc(N(C)C)c3ccccc3n2)CC1. The molecule has 0 atom stereocenters. The van der Waals surface area contributed by atoms with Crippen LogP contribution in [0.4, 0.5) is 22.2 Å². The molecule has 1 fully saturated rings. The predicted octanol–water partition coefficient (Wildman–Crippen LogP) is 6.17. The number of carbonyl (C=O) groups excluding carboxylic acids is 1. The Morgan fingerprint density at radius 3 is 2.47 bits per heavy atom. The summed E-state index contributed by atoms with van der Waals surface area (Å²) in [4.78, 5) is 24.3. The van der Waals surface area contributed by atoms with Gasteiger partial charge in [0.25, 0.3) is 0 Å². The van der Waals surface area contributed by atoms with Crippen LogP contribution in [-0.2, 0) is 6.42 Å². The number of aromatic nitrogens is 2. The molecule has 36 heavy (non-hydrogen) atoms. The molecule has 2 amide bonds. The van der Waals surface area contributed by atoms with Crippen molar-refractivity contribution in [1.82, 2.24) is 15.3 Å². The third-order valence-electron chi connectivity index (χ3n) is 7.16. The van der Waals surface area contributed by atoms with E-state index in [2.05, 4.69) is 61.0 Å². The summed E-state index contributed by atoms with van der Waals surface area (Å²) in [6.07, 6.45) is 5.10. The topological polar surface area (TPSA) is 82.2 Å². The molecular weight excluding hydrogens is 448 g/mol. The maximum Gasteiger partial charge on any atom is 0.319 e. The van der Waals surface area contributed by atoms with Crippen molar-refractivity contribution in [3.63, 3.8) is 0 Å². The molecule has 3 N–H and O–H groups in total. The van der Waals surface area contributed by atoms with Gasteiger partial charge in [-0.2, -0.15) is 4.98 Å². The van der Waals surface area contributed by atoms with Crippen LogP contribution < -0.4 is 20.9 Å². The van der Waals surface area contributed by atoms with E-state index in [4.69, 9.17) is 9.97 Å². The molecule has 0 spiro atoms. The van der Waals surface area contributed by atoms with Crippen LogP contribution in [0.15, 0.2) is 42.5 Å². The Labute approximate surface area is 215 Å². The summed E-state index contributed by atoms with van der Waals surface area (Å²) < 4.78 is 0. The van der Waals surface area contributed by atoms with Crippen molar-refractivity contribution in [3.8, 4) is 0 Å². The van der Waals surface area contributed by atoms with Crippen LogP contribution in [0.25, 0.3) is 10.9 Å². The Bertz CT molecular complexity index is 1180. The molecule has 1 aliphatic rings. The average Bonchev–Trinajstić information content (AvgIpc) is 2.87. The molecule has 1 heterocycles. The maximum atomic E-state index is 12.7. The summed E-state index contributed by atoms with van der Waals surface area (Å²) in [5, 5.41) is 10.9. The fourth-order valence-electron chi connectivity index (χ4n) is 5.10. The molecule has 7 heteroatoms. The summed E-state index contributed by atoms with van der Waals surface area (Å²) in [7, 11) is 4.02. The summed E-state index contributed by atoms with van der Waals surface area (Å²) in [5.41, 5.74) is 4.28. The van der Waals surface area contributed by atoms with E-state index >= 15 is 0 Å². The molecule has 0 radical (unpaired) electrons. The minimum absolute atomic E-state index is 0.112. The normalized spacial score (nSPS) is 17.7. The summed E-state index contributed by atoms with van der Waals surface area (Å²) in [5.74, 6) is 2.45. The van der Waals surface area contributed by atoms with Crippen LogP contribution in [0.3, 0.4) is 0 Å². The van der Waals surface area contributed by atoms with Crippen LogP contribution in [0.5, 0.6) is 0 Å². The van der Waals surface area contributed by atoms with Crippen molar-refractivity contribution in [1.29, 1.82) is 0 Å². The van der Waals surface area contributed by atoms with Crippen LogP contribution >= 0.6 is 0 Å². The first-order chi connectivity index (χ1) is 17.4. The standard InChI is InChI=1S/C29H40N6O/c1-6-21-10-9-12-23(19(2)3)26(21)33-29(36)30-18-20-14-16-22(17-15-20)31-28-32-25-13-8-7-11-24(25)27(34-28)35(4)5/h7-13,19-20,22H,6,14-18H2,1-5H3,(H2,30,33,36)(H,31,32,34)/t20-,22+. The number of nitrogens with zero attached hydrogens (tertiary/aromatic N) is 3. The van der Waals surface area contributed by atoms with Gasteiger partial charge in [0.15, 0.2) is 0 Å². The van der Waals surface area contributed by atoms with Gasteiger partial charge in [-0.15, -0.1) is 0 Å². The van der Waals surface area contributed by atoms with Crippen LogP contribution in [0, 0.1) is 5.92 Å². The molecule has 192 valence electrons. The molecule has 0 aliphatic heterocycles. The number of aryl methyl sites for hydroxylation is 1. The first-order valence-electron chi connectivity index (χ1n) is 13.2. The van der Waals surface area contributed by atoms with E-state index in [1.807, 2.05) is 37.2 Å². The van der Waals surface area contributed by atoms with Crippen molar-refractivity contribution in [2.75, 3.05) is 36.2 Å². The number of rotatable bonds is 8. The van der Waals surface area contributed by atoms with E-state index in [9.17, 15) is 4.79 Å². The lowest BCUT2D eigenvalue weighted by molar-refractivity contribution is 0.246. The number of benzene rings is 2. The first kappa shape index (κ1) is 25.7. The zero-order chi connectivity index (χ0) is 25.7. The molecule has 1 saturated carbocycles. The molecule has 0 saturated heterocycles. The maximum absolute atomic E-state index is 12.7. The van der Waals surface area contributed by atoms with Crippen molar-refractivity contribution < 1.29 is 4.79 Å². The number of urea groups is 1. The first-order valence-corrected chi connectivity index (χ1v) is 13.2. The second kappa shape index (κ2) is 11.6. The predicted molar refractivity (Wildman–Crippen MR) is 150 cm³/mol. The number of amides is 2. The molecular formula is C29H40N6O. The van der Waals surface area contributed by atoms with E-state index in [0.29, 0.717) is 30.4 Å². The lowest BCUT2D eigenvalue weighted by Gasteiger charge is -2.29. The van der Waals surface area contributed by atoms with E-state index < -0.39 is 0 Å². The highest BCUT2D eigenvalue weighted by atomic mass is 16.2. The molecule has 2 aromatic carbocycles. The number of hydrogen-bond donors (Lipinski definition) is 3. The van der Waals surface area contributed by atoms with Crippen molar-refractivity contribution in [3.05, 3.63) is 53.6 Å². The van der Waals surface area contributed by atoms with Crippen LogP contribution in [0.2, 0.25) is 0 Å². The van der Waals surface area contributed by atoms with Crippen LogP contribution in [0.1, 0.15) is 63.5 Å². The zero-order valence-corrected chi connectivity index (χ0v) is 22.3. The Balaban J connectivity index is 1.30. The average molecular weight is 489 g/mol. The highest BCUT2D eigenvalue weighted by Gasteiger charge is 2.23. The van der Waals surface area contributed by atoms with Gasteiger partial charge < -0.3 is 20.9 Å². The number of hydrogen-bond acceptors (Lipinski definition) is 5. The third-order valence-corrected chi connectivity index (χ3v) is 7.16. The minimum atomic E-state index is -0.112. The van der Waals surface area contributed by atoms with Gasteiger partial charge in [-0.3, -0.25) is 0 Å². The van der Waals surface area contributed by atoms with Gasteiger partial charge in [-0.25, -0.2) is 9.78 Å². The quantitative estimate of drug-likeness (QED) is 0.353. The van der Waals surface area contributed by atoms with Gasteiger partial charge in [0.2, 0.25) is 5.95 Å². The van der Waals surface area contributed by atoms with E-state index in [1.165, 1.54) is 11.1 Å². The Morgan fingerprint density at radius 1 is 1.03 bits per heavy atom. The van der Waals surface area contributed by atoms with E-state index in [1.54, 1.807) is 0 Å². The molecule has 0 unspecified atom stereocenters. The van der Waals surface area contributed by atoms with Crippen molar-refractivity contribution in [2.45, 2.75) is 64.8 Å². The molecule has 7 nitrogen and oxygen atoms in total. The summed E-state index contributed by atoms with van der Waals surface area (Å²) in [6.45, 7) is 7.14. The van der Waals surface area contributed by atoms with Gasteiger partial charge in [-0.1, -0.05) is 51.1 Å². The summed E-state index contributed by atoms with van der Waals surface area (Å²) >= 11 is 0. The number of nitrogens with one attached hydrogen (secondary N) is 3. The van der Waals surface area contributed by atoms with Gasteiger partial charge in [0, 0.05) is 37.8 Å². The Morgan fingerprint density at radius 2 is 1.78 bits per heavy atom. The number of anilines is 3. The fourth-order valence-corrected chi connectivity index (χ4v) is 5.10. The lowest BCUT2D eigenvalue weighted by Crippen LogP contribution is -2.36. The van der Waals surface area contributed by atoms with E-state index in [-0.39, 0.29) is 6.03 Å². The zero-order valence-electron chi connectivity index (χ0n) is 22.3. The van der Waals surface area contributed by atoms with Gasteiger partial charge in [0.05, 0.1) is 5.52 Å². The number of para-hydroxylation sites is 2. The highest BCUT2D eigenvalue weighted by Crippen LogP contribution is 2.30. The van der Waals surface area contributed by atoms with Crippen LogP contribution in [-0.4, -0.2) is 42.7 Å². The molecule has 1 aliphatic carbocycles. The summed E-state index contributed by atoms with van der Waals surface area (Å²) in [6, 6.07) is 14.6. The molecule has 3 aromatic rings. The monoisotopic (exact) mass is 488 g/mol. The molecule has 1 aromatic heterocycles. The third kappa shape index (κ3) is 6.07. The number of carbonyl (C=O) groups is 1. The van der Waals surface area contributed by atoms with Crippen molar-refractivity contribution in [2.24, 2.45) is 5.92 Å². The number of fused-ring (bicyclic) bond motifs is 1. The largest absolute Gasteiger partial charge is 0.362 e. The second-order valence-corrected chi connectivity index (χ2v) is 10.4.